The molecule has 0 radical (unpaired) electrons. The molecular weight excluding hydrogens is 252 g/mol. The van der Waals surface area contributed by atoms with Gasteiger partial charge in [0.15, 0.2) is 0 Å². The predicted octanol–water partition coefficient (Wildman–Crippen LogP) is 1.54. The number of nitrogens with zero attached hydrogens (tertiary/aromatic N) is 1. The van der Waals surface area contributed by atoms with Crippen molar-refractivity contribution in [3.63, 3.8) is 0 Å². The fourth-order valence-electron chi connectivity index (χ4n) is 2.40. The van der Waals surface area contributed by atoms with Crippen LogP contribution in [-0.2, 0) is 0 Å². The van der Waals surface area contributed by atoms with E-state index in [4.69, 9.17) is 5.73 Å². The maximum Gasteiger partial charge on any atom is 0.255 e. The predicted molar refractivity (Wildman–Crippen MR) is 77.1 cm³/mol. The van der Waals surface area contributed by atoms with Crippen molar-refractivity contribution in [2.75, 3.05) is 6.54 Å². The summed E-state index contributed by atoms with van der Waals surface area (Å²) in [5.74, 6) is 0.427. The topological polar surface area (TPSA) is 83.8 Å². The van der Waals surface area contributed by atoms with Gasteiger partial charge in [0.1, 0.15) is 0 Å². The Kier molecular flexibility index (Phi) is 3.52. The Morgan fingerprint density at radius 2 is 2.15 bits per heavy atom. The largest absolute Gasteiger partial charge is 0.348 e. The van der Waals surface area contributed by atoms with Crippen LogP contribution in [0.1, 0.15) is 23.2 Å². The van der Waals surface area contributed by atoms with E-state index in [1.165, 1.54) is 0 Å². The second-order valence-electron chi connectivity index (χ2n) is 5.18. The fourth-order valence-corrected chi connectivity index (χ4v) is 2.40. The van der Waals surface area contributed by atoms with Gasteiger partial charge in [0, 0.05) is 18.2 Å². The van der Waals surface area contributed by atoms with E-state index >= 15 is 0 Å². The lowest BCUT2D eigenvalue weighted by molar-refractivity contribution is 0.0934. The van der Waals surface area contributed by atoms with Crippen LogP contribution < -0.4 is 11.1 Å². The number of nitrogens with two attached hydrogens (primary N) is 1. The molecule has 104 valence electrons. The molecule has 1 unspecified atom stereocenters. The first-order valence-corrected chi connectivity index (χ1v) is 6.89. The van der Waals surface area contributed by atoms with Crippen molar-refractivity contribution < 1.29 is 4.79 Å². The monoisotopic (exact) mass is 270 g/mol. The van der Waals surface area contributed by atoms with Gasteiger partial charge in [-0.2, -0.15) is 5.10 Å². The number of benzene rings is 1. The van der Waals surface area contributed by atoms with Crippen LogP contribution in [0, 0.1) is 5.92 Å². The zero-order chi connectivity index (χ0) is 13.9. The van der Waals surface area contributed by atoms with E-state index < -0.39 is 0 Å². The summed E-state index contributed by atoms with van der Waals surface area (Å²) in [6, 6.07) is 9.78. The number of carbonyl (C=O) groups is 1. The number of aromatic amines is 1. The first-order valence-electron chi connectivity index (χ1n) is 6.89. The summed E-state index contributed by atoms with van der Waals surface area (Å²) >= 11 is 0. The van der Waals surface area contributed by atoms with E-state index in [2.05, 4.69) is 15.5 Å². The molecule has 0 spiro atoms. The minimum absolute atomic E-state index is 0.0704. The summed E-state index contributed by atoms with van der Waals surface area (Å²) in [7, 11) is 0. The molecule has 1 saturated carbocycles. The van der Waals surface area contributed by atoms with E-state index in [-0.39, 0.29) is 11.9 Å². The quantitative estimate of drug-likeness (QED) is 0.770. The lowest BCUT2D eigenvalue weighted by Crippen LogP contribution is -2.41. The number of amides is 1. The first-order chi connectivity index (χ1) is 9.79. The number of nitrogens with one attached hydrogen (secondary N) is 2. The van der Waals surface area contributed by atoms with E-state index in [0.717, 1.165) is 24.1 Å². The standard InChI is InChI=1S/C15H18N4O/c16-8-13(10-6-7-10)18-15(20)12-9-17-19-14(12)11-4-2-1-3-5-11/h1-5,9-10,13H,6-8,16H2,(H,17,19)(H,18,20). The summed E-state index contributed by atoms with van der Waals surface area (Å²) in [5, 5.41) is 9.91. The van der Waals surface area contributed by atoms with Crippen molar-refractivity contribution in [3.8, 4) is 11.3 Å². The van der Waals surface area contributed by atoms with Crippen LogP contribution in [0.4, 0.5) is 0 Å². The van der Waals surface area contributed by atoms with Gasteiger partial charge in [-0.05, 0) is 18.8 Å². The molecule has 0 aliphatic heterocycles. The number of rotatable bonds is 5. The van der Waals surface area contributed by atoms with Gasteiger partial charge in [-0.3, -0.25) is 9.89 Å². The average molecular weight is 270 g/mol. The molecule has 0 bridgehead atoms. The zero-order valence-corrected chi connectivity index (χ0v) is 11.2. The zero-order valence-electron chi connectivity index (χ0n) is 11.2. The lowest BCUT2D eigenvalue weighted by atomic mass is 10.1. The van der Waals surface area contributed by atoms with Crippen LogP contribution in [0.15, 0.2) is 36.5 Å². The third-order valence-corrected chi connectivity index (χ3v) is 3.71. The van der Waals surface area contributed by atoms with Gasteiger partial charge in [0.05, 0.1) is 17.5 Å². The van der Waals surface area contributed by atoms with Crippen LogP contribution in [0.25, 0.3) is 11.3 Å². The van der Waals surface area contributed by atoms with Gasteiger partial charge in [0.25, 0.3) is 5.91 Å². The third-order valence-electron chi connectivity index (χ3n) is 3.71. The highest BCUT2D eigenvalue weighted by Crippen LogP contribution is 2.32. The molecule has 2 aromatic rings. The molecule has 1 fully saturated rings. The van der Waals surface area contributed by atoms with Gasteiger partial charge < -0.3 is 11.1 Å². The molecule has 1 heterocycles. The van der Waals surface area contributed by atoms with Gasteiger partial charge >= 0.3 is 0 Å². The highest BCUT2D eigenvalue weighted by Gasteiger charge is 2.32. The average Bonchev–Trinajstić information content (AvgIpc) is 3.21. The fraction of sp³-hybridized carbons (Fsp3) is 0.333. The molecular formula is C15H18N4O. The van der Waals surface area contributed by atoms with Crippen LogP contribution in [0.3, 0.4) is 0 Å². The van der Waals surface area contributed by atoms with Crippen molar-refractivity contribution in [3.05, 3.63) is 42.1 Å². The summed E-state index contributed by atoms with van der Waals surface area (Å²) in [4.78, 5) is 12.4. The molecule has 5 heteroatoms. The third kappa shape index (κ3) is 2.58. The SMILES string of the molecule is NCC(NC(=O)c1cn[nH]c1-c1ccccc1)C1CC1. The van der Waals surface area contributed by atoms with Crippen LogP contribution in [0.2, 0.25) is 0 Å². The molecule has 3 rings (SSSR count). The van der Waals surface area contributed by atoms with E-state index in [0.29, 0.717) is 18.0 Å². The highest BCUT2D eigenvalue weighted by atomic mass is 16.1. The second kappa shape index (κ2) is 5.46. The minimum Gasteiger partial charge on any atom is -0.348 e. The summed E-state index contributed by atoms with van der Waals surface area (Å²) in [5.41, 5.74) is 7.99. The van der Waals surface area contributed by atoms with Crippen molar-refractivity contribution >= 4 is 5.91 Å². The van der Waals surface area contributed by atoms with Crippen LogP contribution in [-0.4, -0.2) is 28.7 Å². The summed E-state index contributed by atoms with van der Waals surface area (Å²) in [6.07, 6.45) is 3.87. The molecule has 1 aromatic carbocycles. The van der Waals surface area contributed by atoms with E-state index in [1.54, 1.807) is 6.20 Å². The second-order valence-corrected chi connectivity index (χ2v) is 5.18. The Morgan fingerprint density at radius 3 is 2.80 bits per heavy atom. The molecule has 1 amide bonds. The van der Waals surface area contributed by atoms with E-state index in [9.17, 15) is 4.79 Å². The van der Waals surface area contributed by atoms with Crippen molar-refractivity contribution in [1.29, 1.82) is 0 Å². The molecule has 20 heavy (non-hydrogen) atoms. The van der Waals surface area contributed by atoms with Gasteiger partial charge in [-0.1, -0.05) is 30.3 Å². The first kappa shape index (κ1) is 12.9. The summed E-state index contributed by atoms with van der Waals surface area (Å²) < 4.78 is 0. The molecule has 0 saturated heterocycles. The highest BCUT2D eigenvalue weighted by molar-refractivity contribution is 5.99. The maximum absolute atomic E-state index is 12.4. The smallest absolute Gasteiger partial charge is 0.255 e. The van der Waals surface area contributed by atoms with Crippen LogP contribution in [0.5, 0.6) is 0 Å². The number of hydrogen-bond donors (Lipinski definition) is 3. The molecule has 1 atom stereocenters. The van der Waals surface area contributed by atoms with Gasteiger partial charge in [0.2, 0.25) is 0 Å². The lowest BCUT2D eigenvalue weighted by Gasteiger charge is -2.15. The normalized spacial score (nSPS) is 15.8. The van der Waals surface area contributed by atoms with Crippen molar-refractivity contribution in [1.82, 2.24) is 15.5 Å². The Morgan fingerprint density at radius 1 is 1.40 bits per heavy atom. The van der Waals surface area contributed by atoms with Crippen LogP contribution >= 0.6 is 0 Å². The maximum atomic E-state index is 12.4. The molecule has 1 aromatic heterocycles. The van der Waals surface area contributed by atoms with Crippen molar-refractivity contribution in [2.45, 2.75) is 18.9 Å². The molecule has 1 aliphatic rings. The molecule has 5 nitrogen and oxygen atoms in total. The Bertz CT molecular complexity index is 589. The Hall–Kier alpha value is -2.14. The number of aromatic nitrogens is 2. The number of hydrogen-bond acceptors (Lipinski definition) is 3. The van der Waals surface area contributed by atoms with Crippen molar-refractivity contribution in [2.24, 2.45) is 11.7 Å². The minimum atomic E-state index is -0.111. The molecule has 4 N–H and O–H groups in total. The van der Waals surface area contributed by atoms with Gasteiger partial charge in [-0.15, -0.1) is 0 Å². The summed E-state index contributed by atoms with van der Waals surface area (Å²) in [6.45, 7) is 0.481. The Balaban J connectivity index is 1.80. The number of H-pyrrole nitrogens is 1. The Labute approximate surface area is 117 Å². The van der Waals surface area contributed by atoms with E-state index in [1.807, 2.05) is 30.3 Å². The van der Waals surface area contributed by atoms with Gasteiger partial charge in [-0.25, -0.2) is 0 Å². The molecule has 1 aliphatic carbocycles. The number of carbonyl (C=O) groups excluding carboxylic acids is 1.